The van der Waals surface area contributed by atoms with Crippen LogP contribution in [0.4, 0.5) is 0 Å². The van der Waals surface area contributed by atoms with E-state index in [0.717, 1.165) is 17.9 Å². The zero-order valence-corrected chi connectivity index (χ0v) is 8.98. The minimum Gasteiger partial charge on any atom is -0.360 e. The standard InChI is InChI=1S/C10H14ClNO/c1-6-4-10(2,3)8-7(5-11)12-13-9(6)8/h6H,4-5H2,1-3H3. The minimum atomic E-state index is 0.180. The van der Waals surface area contributed by atoms with E-state index < -0.39 is 0 Å². The zero-order valence-electron chi connectivity index (χ0n) is 8.22. The maximum atomic E-state index is 5.80. The van der Waals surface area contributed by atoms with Crippen LogP contribution in [0.1, 0.15) is 50.1 Å². The van der Waals surface area contributed by atoms with Gasteiger partial charge in [0.1, 0.15) is 11.5 Å². The third kappa shape index (κ3) is 1.19. The van der Waals surface area contributed by atoms with E-state index in [2.05, 4.69) is 25.9 Å². The highest BCUT2D eigenvalue weighted by Crippen LogP contribution is 2.47. The third-order valence-electron chi connectivity index (χ3n) is 2.86. The molecule has 1 heterocycles. The topological polar surface area (TPSA) is 26.0 Å². The number of hydrogen-bond acceptors (Lipinski definition) is 2. The van der Waals surface area contributed by atoms with Gasteiger partial charge in [0.2, 0.25) is 0 Å². The molecule has 0 N–H and O–H groups in total. The third-order valence-corrected chi connectivity index (χ3v) is 3.11. The number of alkyl halides is 1. The summed E-state index contributed by atoms with van der Waals surface area (Å²) < 4.78 is 5.31. The van der Waals surface area contributed by atoms with Gasteiger partial charge < -0.3 is 4.52 Å². The maximum Gasteiger partial charge on any atom is 0.143 e. The molecule has 0 amide bonds. The van der Waals surface area contributed by atoms with Crippen LogP contribution in [0.3, 0.4) is 0 Å². The number of hydrogen-bond donors (Lipinski definition) is 0. The van der Waals surface area contributed by atoms with E-state index in [0.29, 0.717) is 11.8 Å². The van der Waals surface area contributed by atoms with Crippen molar-refractivity contribution in [3.63, 3.8) is 0 Å². The first-order valence-electron chi connectivity index (χ1n) is 4.61. The summed E-state index contributed by atoms with van der Waals surface area (Å²) in [5, 5.41) is 4.00. The number of fused-ring (bicyclic) bond motifs is 1. The predicted molar refractivity (Wildman–Crippen MR) is 52.1 cm³/mol. The Kier molecular flexibility index (Phi) is 1.91. The van der Waals surface area contributed by atoms with Crippen molar-refractivity contribution < 1.29 is 4.52 Å². The van der Waals surface area contributed by atoms with Gasteiger partial charge >= 0.3 is 0 Å². The van der Waals surface area contributed by atoms with Gasteiger partial charge in [-0.05, 0) is 11.8 Å². The fraction of sp³-hybridized carbons (Fsp3) is 0.700. The molecular weight excluding hydrogens is 186 g/mol. The molecule has 72 valence electrons. The molecular formula is C10H14ClNO. The van der Waals surface area contributed by atoms with Crippen LogP contribution in [-0.2, 0) is 11.3 Å². The first-order chi connectivity index (χ1) is 6.06. The van der Waals surface area contributed by atoms with Crippen molar-refractivity contribution in [1.29, 1.82) is 0 Å². The van der Waals surface area contributed by atoms with E-state index in [4.69, 9.17) is 16.1 Å². The second kappa shape index (κ2) is 2.74. The summed E-state index contributed by atoms with van der Waals surface area (Å²) in [4.78, 5) is 0. The summed E-state index contributed by atoms with van der Waals surface area (Å²) in [6.07, 6.45) is 1.13. The van der Waals surface area contributed by atoms with Crippen LogP contribution in [0.15, 0.2) is 4.52 Å². The highest BCUT2D eigenvalue weighted by atomic mass is 35.5. The second-order valence-electron chi connectivity index (χ2n) is 4.49. The van der Waals surface area contributed by atoms with Gasteiger partial charge in [-0.15, -0.1) is 11.6 Å². The van der Waals surface area contributed by atoms with Gasteiger partial charge in [0.05, 0.1) is 5.88 Å². The van der Waals surface area contributed by atoms with E-state index >= 15 is 0 Å². The molecule has 0 saturated heterocycles. The highest BCUT2D eigenvalue weighted by Gasteiger charge is 2.40. The summed E-state index contributed by atoms with van der Waals surface area (Å²) >= 11 is 5.80. The van der Waals surface area contributed by atoms with Gasteiger partial charge in [-0.2, -0.15) is 0 Å². The molecule has 3 heteroatoms. The minimum absolute atomic E-state index is 0.180. The lowest BCUT2D eigenvalue weighted by molar-refractivity contribution is 0.356. The Bertz CT molecular complexity index is 330. The Morgan fingerprint density at radius 1 is 1.62 bits per heavy atom. The molecule has 1 atom stereocenters. The zero-order chi connectivity index (χ0) is 9.64. The van der Waals surface area contributed by atoms with Crippen LogP contribution in [0.2, 0.25) is 0 Å². The smallest absolute Gasteiger partial charge is 0.143 e. The summed E-state index contributed by atoms with van der Waals surface area (Å²) in [5.74, 6) is 1.98. The summed E-state index contributed by atoms with van der Waals surface area (Å²) in [6, 6.07) is 0. The van der Waals surface area contributed by atoms with Crippen molar-refractivity contribution in [2.75, 3.05) is 0 Å². The first-order valence-corrected chi connectivity index (χ1v) is 5.14. The molecule has 1 aromatic heterocycles. The molecule has 2 rings (SSSR count). The van der Waals surface area contributed by atoms with E-state index in [9.17, 15) is 0 Å². The lowest BCUT2D eigenvalue weighted by Crippen LogP contribution is -2.13. The summed E-state index contributed by atoms with van der Waals surface area (Å²) in [7, 11) is 0. The summed E-state index contributed by atoms with van der Waals surface area (Å²) in [6.45, 7) is 6.63. The van der Waals surface area contributed by atoms with Crippen LogP contribution in [0, 0.1) is 0 Å². The predicted octanol–water partition coefficient (Wildman–Crippen LogP) is 3.20. The number of nitrogens with zero attached hydrogens (tertiary/aromatic N) is 1. The van der Waals surface area contributed by atoms with Gasteiger partial charge in [-0.3, -0.25) is 0 Å². The van der Waals surface area contributed by atoms with Crippen molar-refractivity contribution >= 4 is 11.6 Å². The molecule has 0 fully saturated rings. The summed E-state index contributed by atoms with van der Waals surface area (Å²) in [5.41, 5.74) is 2.35. The number of aromatic nitrogens is 1. The Balaban J connectivity index is 2.56. The molecule has 1 aliphatic carbocycles. The van der Waals surface area contributed by atoms with Gasteiger partial charge in [0, 0.05) is 11.5 Å². The average molecular weight is 200 g/mol. The fourth-order valence-electron chi connectivity index (χ4n) is 2.45. The molecule has 0 spiro atoms. The average Bonchev–Trinajstić information content (AvgIpc) is 2.53. The first kappa shape index (κ1) is 9.07. The molecule has 2 nitrogen and oxygen atoms in total. The quantitative estimate of drug-likeness (QED) is 0.650. The van der Waals surface area contributed by atoms with Crippen molar-refractivity contribution in [3.8, 4) is 0 Å². The van der Waals surface area contributed by atoms with Gasteiger partial charge in [-0.1, -0.05) is 25.9 Å². The van der Waals surface area contributed by atoms with Gasteiger partial charge in [0.15, 0.2) is 0 Å². The Hall–Kier alpha value is -0.500. The lowest BCUT2D eigenvalue weighted by atomic mass is 9.86. The van der Waals surface area contributed by atoms with Crippen molar-refractivity contribution in [2.45, 2.75) is 44.4 Å². The molecule has 0 bridgehead atoms. The normalized spacial score (nSPS) is 24.8. The monoisotopic (exact) mass is 199 g/mol. The van der Waals surface area contributed by atoms with Crippen LogP contribution >= 0.6 is 11.6 Å². The molecule has 1 aromatic rings. The van der Waals surface area contributed by atoms with Crippen molar-refractivity contribution in [3.05, 3.63) is 17.0 Å². The van der Waals surface area contributed by atoms with E-state index in [-0.39, 0.29) is 5.41 Å². The van der Waals surface area contributed by atoms with E-state index in [1.165, 1.54) is 5.56 Å². The van der Waals surface area contributed by atoms with Crippen LogP contribution in [-0.4, -0.2) is 5.16 Å². The van der Waals surface area contributed by atoms with Crippen LogP contribution < -0.4 is 0 Å². The van der Waals surface area contributed by atoms with Crippen LogP contribution in [0.25, 0.3) is 0 Å². The fourth-order valence-corrected chi connectivity index (χ4v) is 2.63. The molecule has 13 heavy (non-hydrogen) atoms. The van der Waals surface area contributed by atoms with Gasteiger partial charge in [-0.25, -0.2) is 0 Å². The second-order valence-corrected chi connectivity index (χ2v) is 4.76. The van der Waals surface area contributed by atoms with E-state index in [1.54, 1.807) is 0 Å². The molecule has 0 saturated carbocycles. The largest absolute Gasteiger partial charge is 0.360 e. The Labute approximate surface area is 83.2 Å². The van der Waals surface area contributed by atoms with Crippen molar-refractivity contribution in [2.24, 2.45) is 0 Å². The molecule has 1 unspecified atom stereocenters. The molecule has 0 aromatic carbocycles. The maximum absolute atomic E-state index is 5.80. The van der Waals surface area contributed by atoms with Crippen molar-refractivity contribution in [1.82, 2.24) is 5.16 Å². The Morgan fingerprint density at radius 2 is 2.31 bits per heavy atom. The van der Waals surface area contributed by atoms with E-state index in [1.807, 2.05) is 0 Å². The molecule has 0 aliphatic heterocycles. The highest BCUT2D eigenvalue weighted by molar-refractivity contribution is 6.17. The number of rotatable bonds is 1. The SMILES string of the molecule is CC1CC(C)(C)c2c(CCl)noc21. The molecule has 0 radical (unpaired) electrons. The number of halogens is 1. The Morgan fingerprint density at radius 3 is 2.92 bits per heavy atom. The van der Waals surface area contributed by atoms with Gasteiger partial charge in [0.25, 0.3) is 0 Å². The lowest BCUT2D eigenvalue weighted by Gasteiger charge is -2.18. The molecule has 1 aliphatic rings. The van der Waals surface area contributed by atoms with Crippen LogP contribution in [0.5, 0.6) is 0 Å².